The Morgan fingerprint density at radius 3 is 2.37 bits per heavy atom. The van der Waals surface area contributed by atoms with Crippen molar-refractivity contribution in [1.82, 2.24) is 5.32 Å². The van der Waals surface area contributed by atoms with E-state index in [9.17, 15) is 14.7 Å². The van der Waals surface area contributed by atoms with Crippen LogP contribution in [0, 0.1) is 12.3 Å². The summed E-state index contributed by atoms with van der Waals surface area (Å²) >= 11 is 6.01. The smallest absolute Gasteiger partial charge is 0.322 e. The number of nitrogens with two attached hydrogens (primary N) is 1. The summed E-state index contributed by atoms with van der Waals surface area (Å²) in [5.74, 6) is -0.409. The molecule has 0 radical (unpaired) electrons. The Morgan fingerprint density at radius 2 is 1.84 bits per heavy atom. The summed E-state index contributed by atoms with van der Waals surface area (Å²) in [7, 11) is 1.75. The molecule has 198 valence electrons. The van der Waals surface area contributed by atoms with Crippen molar-refractivity contribution in [3.05, 3.63) is 82.0 Å². The molecule has 2 aromatic rings. The highest BCUT2D eigenvalue weighted by Gasteiger charge is 2.19. The number of nitrogens with one attached hydrogen (secondary N) is 1. The standard InChI is InChI=1S/C26H24ClN3O4.C3H7N/c1-4-16(3)23-11-17(18(13-28)14-29-20-8-6-7-19(27)12-20)9-10-22(23)25(33)21(5-2)26(34)30-15-24(31)32;1-3-4-2/h2,4,6-14,33H,15,28H2,1,3H3,(H,30,34)(H,31,32);3H,1-2H3/b16-4-,18-13+,25-21-,29-14?;. The molecular formula is C29H31ClN4O4. The maximum atomic E-state index is 12.3. The largest absolute Gasteiger partial charge is 0.506 e. The number of carboxylic acid groups (broad SMARTS) is 1. The minimum atomic E-state index is -1.24. The van der Waals surface area contributed by atoms with Gasteiger partial charge in [0.1, 0.15) is 17.9 Å². The number of aliphatic carboxylic acids is 1. The second-order valence-corrected chi connectivity index (χ2v) is 7.99. The zero-order chi connectivity index (χ0) is 28.7. The number of nitrogens with zero attached hydrogens (tertiary/aromatic N) is 2. The van der Waals surface area contributed by atoms with Crippen LogP contribution in [-0.2, 0) is 9.59 Å². The van der Waals surface area contributed by atoms with Gasteiger partial charge in [0.15, 0.2) is 0 Å². The molecule has 9 heteroatoms. The average Bonchev–Trinajstić information content (AvgIpc) is 2.92. The molecule has 2 rings (SSSR count). The first-order chi connectivity index (χ1) is 18.1. The fourth-order valence-electron chi connectivity index (χ4n) is 2.95. The Labute approximate surface area is 228 Å². The molecule has 0 aliphatic rings. The van der Waals surface area contributed by atoms with Crippen LogP contribution in [-0.4, -0.2) is 48.1 Å². The third-order valence-electron chi connectivity index (χ3n) is 5.07. The molecule has 0 saturated heterocycles. The number of hydrogen-bond acceptors (Lipinski definition) is 6. The number of carboxylic acids is 1. The van der Waals surface area contributed by atoms with E-state index < -0.39 is 24.2 Å². The number of aliphatic hydroxyl groups is 1. The summed E-state index contributed by atoms with van der Waals surface area (Å²) in [5.41, 5.74) is 9.14. The van der Waals surface area contributed by atoms with Crippen molar-refractivity contribution in [3.8, 4) is 12.3 Å². The van der Waals surface area contributed by atoms with Gasteiger partial charge in [0.2, 0.25) is 0 Å². The molecule has 0 fully saturated rings. The highest BCUT2D eigenvalue weighted by atomic mass is 35.5. The first-order valence-corrected chi connectivity index (χ1v) is 11.8. The number of benzene rings is 2. The van der Waals surface area contributed by atoms with E-state index >= 15 is 0 Å². The van der Waals surface area contributed by atoms with Crippen LogP contribution >= 0.6 is 11.6 Å². The van der Waals surface area contributed by atoms with Gasteiger partial charge in [-0.25, -0.2) is 0 Å². The SMILES string of the molecule is C#C/C(C(=O)NCC(=O)O)=C(/O)c1ccc(/C(C=Nc2cccc(Cl)c2)=C/N)cc1/C(C)=C\C.CC=NC. The molecule has 0 aliphatic carbocycles. The van der Waals surface area contributed by atoms with Crippen LogP contribution in [0.5, 0.6) is 0 Å². The van der Waals surface area contributed by atoms with E-state index in [0.717, 1.165) is 5.57 Å². The molecule has 0 heterocycles. The number of hydrogen-bond donors (Lipinski definition) is 4. The number of rotatable bonds is 8. The summed E-state index contributed by atoms with van der Waals surface area (Å²) in [5, 5.41) is 22.3. The lowest BCUT2D eigenvalue weighted by atomic mass is 9.93. The van der Waals surface area contributed by atoms with Crippen LogP contribution in [0.15, 0.2) is 70.3 Å². The number of halogens is 1. The third kappa shape index (κ3) is 9.45. The zero-order valence-corrected chi connectivity index (χ0v) is 22.5. The fourth-order valence-corrected chi connectivity index (χ4v) is 3.13. The molecule has 38 heavy (non-hydrogen) atoms. The zero-order valence-electron chi connectivity index (χ0n) is 21.7. The Morgan fingerprint density at radius 1 is 1.16 bits per heavy atom. The van der Waals surface area contributed by atoms with E-state index in [0.29, 0.717) is 33.0 Å². The van der Waals surface area contributed by atoms with Gasteiger partial charge >= 0.3 is 5.97 Å². The fraction of sp³-hybridized carbons (Fsp3) is 0.172. The van der Waals surface area contributed by atoms with Crippen molar-refractivity contribution < 1.29 is 19.8 Å². The summed E-state index contributed by atoms with van der Waals surface area (Å²) in [6.45, 7) is 4.92. The molecule has 0 atom stereocenters. The van der Waals surface area contributed by atoms with Crippen molar-refractivity contribution in [2.45, 2.75) is 20.8 Å². The molecule has 8 nitrogen and oxygen atoms in total. The van der Waals surface area contributed by atoms with Crippen molar-refractivity contribution in [2.75, 3.05) is 13.6 Å². The molecule has 0 saturated carbocycles. The van der Waals surface area contributed by atoms with Crippen LogP contribution in [0.4, 0.5) is 5.69 Å². The van der Waals surface area contributed by atoms with Gasteiger partial charge in [-0.3, -0.25) is 14.6 Å². The second kappa shape index (κ2) is 16.2. The van der Waals surface area contributed by atoms with Crippen LogP contribution in [0.3, 0.4) is 0 Å². The molecule has 1 amide bonds. The Hall–Kier alpha value is -4.61. The number of carbonyl (C=O) groups excluding carboxylic acids is 1. The van der Waals surface area contributed by atoms with E-state index in [4.69, 9.17) is 28.9 Å². The van der Waals surface area contributed by atoms with Crippen molar-refractivity contribution >= 4 is 58.5 Å². The number of allylic oxidation sites excluding steroid dienone is 3. The highest BCUT2D eigenvalue weighted by molar-refractivity contribution is 6.30. The van der Waals surface area contributed by atoms with Crippen LogP contribution in [0.1, 0.15) is 37.5 Å². The number of amides is 1. The molecule has 0 aromatic heterocycles. The highest BCUT2D eigenvalue weighted by Crippen LogP contribution is 2.29. The van der Waals surface area contributed by atoms with E-state index in [1.54, 1.807) is 61.9 Å². The van der Waals surface area contributed by atoms with Crippen molar-refractivity contribution in [1.29, 1.82) is 0 Å². The first-order valence-electron chi connectivity index (χ1n) is 11.4. The molecule has 0 bridgehead atoms. The minimum Gasteiger partial charge on any atom is -0.506 e. The Balaban J connectivity index is 0.00000168. The maximum absolute atomic E-state index is 12.3. The Kier molecular flexibility index (Phi) is 13.4. The lowest BCUT2D eigenvalue weighted by Crippen LogP contribution is -2.30. The predicted molar refractivity (Wildman–Crippen MR) is 157 cm³/mol. The van der Waals surface area contributed by atoms with Gasteiger partial charge in [0.25, 0.3) is 5.91 Å². The van der Waals surface area contributed by atoms with Gasteiger partial charge in [0.05, 0.1) is 5.69 Å². The quantitative estimate of drug-likeness (QED) is 0.158. The van der Waals surface area contributed by atoms with E-state index in [2.05, 4.69) is 21.2 Å². The number of aliphatic hydroxyl groups excluding tert-OH is 1. The Bertz CT molecular complexity index is 1340. The summed E-state index contributed by atoms with van der Waals surface area (Å²) in [6.07, 6.45) is 12.0. The normalized spacial score (nSPS) is 12.4. The molecule has 0 spiro atoms. The summed E-state index contributed by atoms with van der Waals surface area (Å²) in [4.78, 5) is 31.1. The lowest BCUT2D eigenvalue weighted by molar-refractivity contribution is -0.137. The third-order valence-corrected chi connectivity index (χ3v) is 5.31. The van der Waals surface area contributed by atoms with Crippen molar-refractivity contribution in [3.63, 3.8) is 0 Å². The average molecular weight is 535 g/mol. The second-order valence-electron chi connectivity index (χ2n) is 7.55. The molecular weight excluding hydrogens is 504 g/mol. The van der Waals surface area contributed by atoms with Gasteiger partial charge in [-0.05, 0) is 74.0 Å². The molecule has 0 aliphatic heterocycles. The van der Waals surface area contributed by atoms with E-state index in [1.165, 1.54) is 6.20 Å². The van der Waals surface area contributed by atoms with Gasteiger partial charge in [0, 0.05) is 35.6 Å². The summed E-state index contributed by atoms with van der Waals surface area (Å²) in [6, 6.07) is 12.1. The lowest BCUT2D eigenvalue weighted by Gasteiger charge is -2.14. The number of aliphatic imine (C=N–C) groups is 2. The number of carbonyl (C=O) groups is 2. The van der Waals surface area contributed by atoms with Gasteiger partial charge in [-0.15, -0.1) is 6.42 Å². The van der Waals surface area contributed by atoms with Crippen molar-refractivity contribution in [2.24, 2.45) is 15.7 Å². The van der Waals surface area contributed by atoms with Crippen LogP contribution < -0.4 is 11.1 Å². The predicted octanol–water partition coefficient (Wildman–Crippen LogP) is 5.28. The molecule has 5 N–H and O–H groups in total. The number of terminal acetylenes is 1. The van der Waals surface area contributed by atoms with Gasteiger partial charge < -0.3 is 26.3 Å². The summed E-state index contributed by atoms with van der Waals surface area (Å²) < 4.78 is 0. The maximum Gasteiger partial charge on any atom is 0.322 e. The topological polar surface area (TPSA) is 137 Å². The first kappa shape index (κ1) is 31.4. The van der Waals surface area contributed by atoms with E-state index in [1.807, 2.05) is 26.8 Å². The molecule has 2 aromatic carbocycles. The van der Waals surface area contributed by atoms with Crippen LogP contribution in [0.2, 0.25) is 5.02 Å². The van der Waals surface area contributed by atoms with Gasteiger partial charge in [-0.2, -0.15) is 0 Å². The molecule has 0 unspecified atom stereocenters. The van der Waals surface area contributed by atoms with E-state index in [-0.39, 0.29) is 5.57 Å². The monoisotopic (exact) mass is 534 g/mol. The van der Waals surface area contributed by atoms with Crippen LogP contribution in [0.25, 0.3) is 16.9 Å². The van der Waals surface area contributed by atoms with Gasteiger partial charge in [-0.1, -0.05) is 35.7 Å². The minimum absolute atomic E-state index is 0.306.